The molecule has 1 fully saturated rings. The Kier molecular flexibility index (Phi) is 4.61. The summed E-state index contributed by atoms with van der Waals surface area (Å²) >= 11 is 0. The van der Waals surface area contributed by atoms with E-state index in [-0.39, 0.29) is 11.7 Å². The van der Waals surface area contributed by atoms with E-state index in [1.165, 1.54) is 4.90 Å². The van der Waals surface area contributed by atoms with Crippen LogP contribution in [0.4, 0.5) is 23.7 Å². The maximum atomic E-state index is 13.4. The number of hydrogen-bond acceptors (Lipinski definition) is 4. The SMILES string of the molecule is O=C(Nc1cc(F)c(F)c(F)c1)N1CC[C@@H](n2c(-c3ccco3)nc3cccnc32)C1. The first-order chi connectivity index (χ1) is 15.0. The van der Waals surface area contributed by atoms with Gasteiger partial charge in [0.05, 0.1) is 12.3 Å². The van der Waals surface area contributed by atoms with E-state index >= 15 is 0 Å². The number of fused-ring (bicyclic) bond motifs is 1. The van der Waals surface area contributed by atoms with Gasteiger partial charge in [0.15, 0.2) is 34.7 Å². The van der Waals surface area contributed by atoms with Gasteiger partial charge in [0.25, 0.3) is 0 Å². The Hall–Kier alpha value is -3.82. The normalized spacial score (nSPS) is 16.2. The van der Waals surface area contributed by atoms with Crippen LogP contribution in [0.2, 0.25) is 0 Å². The van der Waals surface area contributed by atoms with E-state index in [0.717, 1.165) is 12.1 Å². The van der Waals surface area contributed by atoms with Crippen molar-refractivity contribution in [3.8, 4) is 11.6 Å². The van der Waals surface area contributed by atoms with E-state index in [1.54, 1.807) is 30.7 Å². The molecule has 2 amide bonds. The molecular formula is C21H16F3N5O2. The second kappa shape index (κ2) is 7.46. The van der Waals surface area contributed by atoms with Crippen LogP contribution in [0, 0.1) is 17.5 Å². The molecule has 1 aliphatic rings. The average molecular weight is 427 g/mol. The van der Waals surface area contributed by atoms with Gasteiger partial charge in [-0.1, -0.05) is 0 Å². The summed E-state index contributed by atoms with van der Waals surface area (Å²) in [4.78, 5) is 23.2. The van der Waals surface area contributed by atoms with Crippen molar-refractivity contribution in [3.63, 3.8) is 0 Å². The molecule has 1 N–H and O–H groups in total. The number of benzene rings is 1. The third-order valence-electron chi connectivity index (χ3n) is 5.24. The molecule has 5 rings (SSSR count). The van der Waals surface area contributed by atoms with Crippen LogP contribution in [0.15, 0.2) is 53.3 Å². The highest BCUT2D eigenvalue weighted by molar-refractivity contribution is 5.89. The monoisotopic (exact) mass is 427 g/mol. The minimum Gasteiger partial charge on any atom is -0.461 e. The van der Waals surface area contributed by atoms with Crippen molar-refractivity contribution in [2.24, 2.45) is 0 Å². The van der Waals surface area contributed by atoms with Crippen LogP contribution in [0.5, 0.6) is 0 Å². The first kappa shape index (κ1) is 19.2. The maximum Gasteiger partial charge on any atom is 0.321 e. The molecule has 3 aromatic heterocycles. The number of anilines is 1. The van der Waals surface area contributed by atoms with E-state index in [4.69, 9.17) is 4.42 Å². The molecule has 4 aromatic rings. The van der Waals surface area contributed by atoms with Crippen molar-refractivity contribution in [2.75, 3.05) is 18.4 Å². The van der Waals surface area contributed by atoms with Crippen molar-refractivity contribution >= 4 is 22.9 Å². The standard InChI is InChI=1S/C21H16F3N5O2/c22-14-9-12(10-15(23)18(14)24)26-21(30)28-7-5-13(11-28)29-19-16(3-1-6-25-19)27-20(29)17-4-2-8-31-17/h1-4,6,8-10,13H,5,7,11H2,(H,26,30)/t13-/m1/s1. The fourth-order valence-electron chi connectivity index (χ4n) is 3.82. The van der Waals surface area contributed by atoms with E-state index in [0.29, 0.717) is 42.3 Å². The van der Waals surface area contributed by atoms with Crippen molar-refractivity contribution in [1.82, 2.24) is 19.4 Å². The number of carbonyl (C=O) groups excluding carboxylic acids is 1. The molecular weight excluding hydrogens is 411 g/mol. The van der Waals surface area contributed by atoms with Gasteiger partial charge < -0.3 is 19.2 Å². The lowest BCUT2D eigenvalue weighted by Gasteiger charge is -2.19. The summed E-state index contributed by atoms with van der Waals surface area (Å²) in [6.07, 6.45) is 3.85. The second-order valence-corrected chi connectivity index (χ2v) is 7.20. The van der Waals surface area contributed by atoms with Gasteiger partial charge in [-0.05, 0) is 30.7 Å². The number of likely N-dealkylation sites (tertiary alicyclic amines) is 1. The Bertz CT molecular complexity index is 1250. The fourth-order valence-corrected chi connectivity index (χ4v) is 3.82. The van der Waals surface area contributed by atoms with Crippen molar-refractivity contribution in [1.29, 1.82) is 0 Å². The highest BCUT2D eigenvalue weighted by Gasteiger charge is 2.31. The Morgan fingerprint density at radius 2 is 1.97 bits per heavy atom. The summed E-state index contributed by atoms with van der Waals surface area (Å²) in [5.74, 6) is -3.13. The minimum atomic E-state index is -1.58. The molecule has 31 heavy (non-hydrogen) atoms. The number of furan rings is 1. The van der Waals surface area contributed by atoms with E-state index in [2.05, 4.69) is 15.3 Å². The Labute approximate surface area is 174 Å². The number of nitrogens with zero attached hydrogens (tertiary/aromatic N) is 4. The van der Waals surface area contributed by atoms with Gasteiger partial charge in [0.1, 0.15) is 5.52 Å². The van der Waals surface area contributed by atoms with Crippen LogP contribution in [0.3, 0.4) is 0 Å². The molecule has 0 radical (unpaired) electrons. The lowest BCUT2D eigenvalue weighted by atomic mass is 10.2. The number of carbonyl (C=O) groups is 1. The number of imidazole rings is 1. The molecule has 0 saturated carbocycles. The predicted octanol–water partition coefficient (Wildman–Crippen LogP) is 4.59. The number of rotatable bonds is 3. The molecule has 1 atom stereocenters. The molecule has 0 unspecified atom stereocenters. The summed E-state index contributed by atoms with van der Waals surface area (Å²) in [5, 5.41) is 2.42. The first-order valence-corrected chi connectivity index (χ1v) is 9.58. The number of amides is 2. The average Bonchev–Trinajstić information content (AvgIpc) is 3.50. The maximum absolute atomic E-state index is 13.4. The molecule has 1 aromatic carbocycles. The third kappa shape index (κ3) is 3.39. The molecule has 1 aliphatic heterocycles. The molecule has 0 spiro atoms. The molecule has 10 heteroatoms. The topological polar surface area (TPSA) is 76.2 Å². The zero-order valence-corrected chi connectivity index (χ0v) is 16.1. The van der Waals surface area contributed by atoms with Crippen LogP contribution in [-0.4, -0.2) is 38.6 Å². The molecule has 0 aliphatic carbocycles. The minimum absolute atomic E-state index is 0.132. The number of aromatic nitrogens is 3. The molecule has 4 heterocycles. The van der Waals surface area contributed by atoms with Crippen LogP contribution in [0.25, 0.3) is 22.7 Å². The lowest BCUT2D eigenvalue weighted by Crippen LogP contribution is -2.33. The highest BCUT2D eigenvalue weighted by atomic mass is 19.2. The first-order valence-electron chi connectivity index (χ1n) is 9.58. The zero-order valence-electron chi connectivity index (χ0n) is 16.1. The Morgan fingerprint density at radius 3 is 2.71 bits per heavy atom. The molecule has 1 saturated heterocycles. The van der Waals surface area contributed by atoms with Crippen LogP contribution >= 0.6 is 0 Å². The molecule has 158 valence electrons. The smallest absolute Gasteiger partial charge is 0.321 e. The Balaban J connectivity index is 1.40. The second-order valence-electron chi connectivity index (χ2n) is 7.20. The van der Waals surface area contributed by atoms with E-state index < -0.39 is 23.5 Å². The van der Waals surface area contributed by atoms with Gasteiger partial charge >= 0.3 is 6.03 Å². The zero-order chi connectivity index (χ0) is 21.5. The lowest BCUT2D eigenvalue weighted by molar-refractivity contribution is 0.221. The van der Waals surface area contributed by atoms with Crippen LogP contribution in [-0.2, 0) is 0 Å². The van der Waals surface area contributed by atoms with Crippen molar-refractivity contribution in [2.45, 2.75) is 12.5 Å². The van der Waals surface area contributed by atoms with Gasteiger partial charge in [-0.15, -0.1) is 0 Å². The molecule has 0 bridgehead atoms. The van der Waals surface area contributed by atoms with E-state index in [9.17, 15) is 18.0 Å². The van der Waals surface area contributed by atoms with Gasteiger partial charge in [0, 0.05) is 37.1 Å². The quantitative estimate of drug-likeness (QED) is 0.486. The number of nitrogens with one attached hydrogen (secondary N) is 1. The van der Waals surface area contributed by atoms with E-state index in [1.807, 2.05) is 10.6 Å². The van der Waals surface area contributed by atoms with Crippen LogP contribution < -0.4 is 5.32 Å². The molecule has 7 nitrogen and oxygen atoms in total. The summed E-state index contributed by atoms with van der Waals surface area (Å²) in [6, 6.07) is 8.02. The highest BCUT2D eigenvalue weighted by Crippen LogP contribution is 2.32. The number of halogens is 3. The summed E-state index contributed by atoms with van der Waals surface area (Å²) in [5.41, 5.74) is 1.22. The summed E-state index contributed by atoms with van der Waals surface area (Å²) in [6.45, 7) is 0.737. The number of pyridine rings is 1. The number of hydrogen-bond donors (Lipinski definition) is 1. The van der Waals surface area contributed by atoms with Gasteiger partial charge in [-0.2, -0.15) is 0 Å². The van der Waals surface area contributed by atoms with Crippen molar-refractivity contribution in [3.05, 3.63) is 66.3 Å². The van der Waals surface area contributed by atoms with Gasteiger partial charge in [-0.3, -0.25) is 0 Å². The third-order valence-corrected chi connectivity index (χ3v) is 5.24. The number of urea groups is 1. The summed E-state index contributed by atoms with van der Waals surface area (Å²) in [7, 11) is 0. The largest absolute Gasteiger partial charge is 0.461 e. The van der Waals surface area contributed by atoms with Gasteiger partial charge in [-0.25, -0.2) is 27.9 Å². The fraction of sp³-hybridized carbons (Fsp3) is 0.190. The van der Waals surface area contributed by atoms with Crippen molar-refractivity contribution < 1.29 is 22.4 Å². The van der Waals surface area contributed by atoms with Gasteiger partial charge in [0.2, 0.25) is 0 Å². The Morgan fingerprint density at radius 1 is 1.16 bits per heavy atom. The predicted molar refractivity (Wildman–Crippen MR) is 106 cm³/mol. The summed E-state index contributed by atoms with van der Waals surface area (Å²) < 4.78 is 47.5. The van der Waals surface area contributed by atoms with Crippen LogP contribution in [0.1, 0.15) is 12.5 Å².